The number of hydrogen-bond donors (Lipinski definition) is 2. The van der Waals surface area contributed by atoms with Crippen LogP contribution >= 0.6 is 15.9 Å². The highest BCUT2D eigenvalue weighted by atomic mass is 79.9. The largest absolute Gasteiger partial charge is 0.479 e. The monoisotopic (exact) mass is 275 g/mol. The predicted molar refractivity (Wildman–Crippen MR) is 53.7 cm³/mol. The van der Waals surface area contributed by atoms with Crippen molar-refractivity contribution in [1.29, 1.82) is 0 Å². The number of benzene rings is 1. The number of amides is 1. The molecule has 80 valence electrons. The number of rotatable bonds is 4. The lowest BCUT2D eigenvalue weighted by Gasteiger charge is -2.13. The van der Waals surface area contributed by atoms with Crippen molar-refractivity contribution >= 4 is 28.3 Å². The molecule has 1 unspecified atom stereocenters. The van der Waals surface area contributed by atoms with E-state index in [-0.39, 0.29) is 12.0 Å². The zero-order valence-corrected chi connectivity index (χ0v) is 8.99. The van der Waals surface area contributed by atoms with Gasteiger partial charge in [-0.15, -0.1) is 0 Å². The summed E-state index contributed by atoms with van der Waals surface area (Å²) in [6.45, 7) is 0. The first kappa shape index (κ1) is 11.6. The highest BCUT2D eigenvalue weighted by Gasteiger charge is 2.21. The van der Waals surface area contributed by atoms with Crippen LogP contribution in [-0.2, 0) is 9.59 Å². The fourth-order valence-corrected chi connectivity index (χ4v) is 1.68. The molecule has 0 radical (unpaired) electrons. The van der Waals surface area contributed by atoms with E-state index < -0.39 is 17.8 Å². The van der Waals surface area contributed by atoms with Crippen molar-refractivity contribution in [2.24, 2.45) is 0 Å². The maximum Gasteiger partial charge on any atom is 0.330 e. The molecule has 1 aromatic carbocycles. The number of aliphatic carboxylic acids is 1. The van der Waals surface area contributed by atoms with Gasteiger partial charge in [0.25, 0.3) is 0 Å². The number of carboxylic acids is 1. The minimum atomic E-state index is -1.21. The Balaban J connectivity index is 3.10. The molecule has 4 nitrogen and oxygen atoms in total. The zero-order valence-electron chi connectivity index (χ0n) is 7.41. The van der Waals surface area contributed by atoms with Gasteiger partial charge in [-0.25, -0.2) is 9.18 Å². The van der Waals surface area contributed by atoms with Gasteiger partial charge in [0.05, 0.1) is 0 Å². The summed E-state index contributed by atoms with van der Waals surface area (Å²) < 4.78 is 13.0. The maximum absolute atomic E-state index is 12.7. The first-order valence-electron chi connectivity index (χ1n) is 3.93. The molecule has 0 saturated carbocycles. The molecule has 6 heteroatoms. The Bertz CT molecular complexity index is 397. The van der Waals surface area contributed by atoms with Crippen LogP contribution in [0.4, 0.5) is 4.39 Å². The van der Waals surface area contributed by atoms with Crippen molar-refractivity contribution in [2.75, 3.05) is 0 Å². The predicted octanol–water partition coefficient (Wildman–Crippen LogP) is 1.46. The zero-order chi connectivity index (χ0) is 11.4. The van der Waals surface area contributed by atoms with Crippen LogP contribution in [0.1, 0.15) is 11.6 Å². The summed E-state index contributed by atoms with van der Waals surface area (Å²) in [5, 5.41) is 10.9. The maximum atomic E-state index is 12.7. The SMILES string of the molecule is O=CNC(C(=O)O)c1ccc(F)cc1Br. The summed E-state index contributed by atoms with van der Waals surface area (Å²) in [5.74, 6) is -1.70. The molecule has 1 aromatic rings. The molecule has 0 aliphatic carbocycles. The summed E-state index contributed by atoms with van der Waals surface area (Å²) in [5.41, 5.74) is 0.288. The summed E-state index contributed by atoms with van der Waals surface area (Å²) in [6.07, 6.45) is 0.286. The third-order valence-electron chi connectivity index (χ3n) is 1.76. The molecule has 1 atom stereocenters. The summed E-state index contributed by atoms with van der Waals surface area (Å²) in [6, 6.07) is 2.38. The number of carbonyl (C=O) groups is 2. The first-order valence-corrected chi connectivity index (χ1v) is 4.73. The Morgan fingerprint density at radius 2 is 2.27 bits per heavy atom. The summed E-state index contributed by atoms with van der Waals surface area (Å²) >= 11 is 3.03. The Morgan fingerprint density at radius 1 is 1.60 bits per heavy atom. The first-order chi connectivity index (χ1) is 7.06. The molecule has 0 aromatic heterocycles. The Hall–Kier alpha value is -1.43. The van der Waals surface area contributed by atoms with E-state index in [9.17, 15) is 14.0 Å². The highest BCUT2D eigenvalue weighted by Crippen LogP contribution is 2.24. The van der Waals surface area contributed by atoms with Crippen molar-refractivity contribution in [1.82, 2.24) is 5.32 Å². The second-order valence-electron chi connectivity index (χ2n) is 2.72. The van der Waals surface area contributed by atoms with E-state index in [1.54, 1.807) is 0 Å². The second-order valence-corrected chi connectivity index (χ2v) is 3.58. The molecule has 0 aliphatic heterocycles. The quantitative estimate of drug-likeness (QED) is 0.818. The standard InChI is InChI=1S/C9H7BrFNO3/c10-7-3-5(11)1-2-6(7)8(9(14)15)12-4-13/h1-4,8H,(H,12,13)(H,14,15). The minimum Gasteiger partial charge on any atom is -0.479 e. The van der Waals surface area contributed by atoms with Crippen molar-refractivity contribution in [3.63, 3.8) is 0 Å². The van der Waals surface area contributed by atoms with Crippen LogP contribution in [0.3, 0.4) is 0 Å². The minimum absolute atomic E-state index is 0.286. The molecule has 0 fully saturated rings. The van der Waals surface area contributed by atoms with E-state index in [0.717, 1.165) is 12.1 Å². The van der Waals surface area contributed by atoms with Gasteiger partial charge >= 0.3 is 5.97 Å². The van der Waals surface area contributed by atoms with Crippen LogP contribution in [-0.4, -0.2) is 17.5 Å². The molecule has 0 spiro atoms. The lowest BCUT2D eigenvalue weighted by atomic mass is 10.1. The Morgan fingerprint density at radius 3 is 2.73 bits per heavy atom. The van der Waals surface area contributed by atoms with Crippen molar-refractivity contribution in [2.45, 2.75) is 6.04 Å². The van der Waals surface area contributed by atoms with Gasteiger partial charge in [-0.05, 0) is 12.1 Å². The molecular formula is C9H7BrFNO3. The number of carbonyl (C=O) groups excluding carboxylic acids is 1. The van der Waals surface area contributed by atoms with E-state index in [2.05, 4.69) is 21.2 Å². The van der Waals surface area contributed by atoms with E-state index in [1.807, 2.05) is 0 Å². The Labute approximate surface area is 93.2 Å². The molecule has 0 aliphatic rings. The third kappa shape index (κ3) is 2.76. The summed E-state index contributed by atoms with van der Waals surface area (Å²) in [7, 11) is 0. The van der Waals surface area contributed by atoms with Gasteiger partial charge in [-0.1, -0.05) is 22.0 Å². The van der Waals surface area contributed by atoms with Gasteiger partial charge in [0.1, 0.15) is 5.82 Å². The molecule has 1 amide bonds. The molecule has 0 saturated heterocycles. The normalized spacial score (nSPS) is 11.9. The average molecular weight is 276 g/mol. The summed E-state index contributed by atoms with van der Waals surface area (Å²) in [4.78, 5) is 21.0. The molecule has 1 rings (SSSR count). The Kier molecular flexibility index (Phi) is 3.79. The van der Waals surface area contributed by atoms with Gasteiger partial charge in [-0.3, -0.25) is 4.79 Å². The van der Waals surface area contributed by atoms with Crippen LogP contribution < -0.4 is 5.32 Å². The van der Waals surface area contributed by atoms with Crippen LogP contribution in [0.25, 0.3) is 0 Å². The molecule has 15 heavy (non-hydrogen) atoms. The third-order valence-corrected chi connectivity index (χ3v) is 2.44. The molecule has 2 N–H and O–H groups in total. The number of carboxylic acid groups (broad SMARTS) is 1. The average Bonchev–Trinajstić information content (AvgIpc) is 2.15. The van der Waals surface area contributed by atoms with Crippen LogP contribution in [0.5, 0.6) is 0 Å². The lowest BCUT2D eigenvalue weighted by molar-refractivity contribution is -0.140. The van der Waals surface area contributed by atoms with Crippen molar-refractivity contribution < 1.29 is 19.1 Å². The van der Waals surface area contributed by atoms with E-state index >= 15 is 0 Å². The lowest BCUT2D eigenvalue weighted by Crippen LogP contribution is -2.27. The van der Waals surface area contributed by atoms with E-state index in [4.69, 9.17) is 5.11 Å². The van der Waals surface area contributed by atoms with Crippen LogP contribution in [0, 0.1) is 5.82 Å². The highest BCUT2D eigenvalue weighted by molar-refractivity contribution is 9.10. The van der Waals surface area contributed by atoms with E-state index in [1.165, 1.54) is 6.07 Å². The number of nitrogens with one attached hydrogen (secondary N) is 1. The van der Waals surface area contributed by atoms with Gasteiger partial charge < -0.3 is 10.4 Å². The van der Waals surface area contributed by atoms with Crippen LogP contribution in [0.15, 0.2) is 22.7 Å². The van der Waals surface area contributed by atoms with Crippen LogP contribution in [0.2, 0.25) is 0 Å². The van der Waals surface area contributed by atoms with Crippen molar-refractivity contribution in [3.8, 4) is 0 Å². The molecular weight excluding hydrogens is 269 g/mol. The van der Waals surface area contributed by atoms with Gasteiger partial charge in [-0.2, -0.15) is 0 Å². The second kappa shape index (κ2) is 4.88. The van der Waals surface area contributed by atoms with Gasteiger partial charge in [0.15, 0.2) is 6.04 Å². The number of hydrogen-bond acceptors (Lipinski definition) is 2. The number of halogens is 2. The topological polar surface area (TPSA) is 66.4 Å². The smallest absolute Gasteiger partial charge is 0.330 e. The van der Waals surface area contributed by atoms with E-state index in [0.29, 0.717) is 4.47 Å². The van der Waals surface area contributed by atoms with Gasteiger partial charge in [0.2, 0.25) is 6.41 Å². The fraction of sp³-hybridized carbons (Fsp3) is 0.111. The molecule has 0 heterocycles. The fourth-order valence-electron chi connectivity index (χ4n) is 1.10. The molecule has 0 bridgehead atoms. The van der Waals surface area contributed by atoms with Gasteiger partial charge in [0, 0.05) is 10.0 Å². The van der Waals surface area contributed by atoms with Crippen molar-refractivity contribution in [3.05, 3.63) is 34.1 Å².